The van der Waals surface area contributed by atoms with Crippen LogP contribution in [0.25, 0.3) is 0 Å². The summed E-state index contributed by atoms with van der Waals surface area (Å²) < 4.78 is 28.0. The number of nitrogens with two attached hydrogens (primary N) is 1. The summed E-state index contributed by atoms with van der Waals surface area (Å²) in [5.41, 5.74) is 8.03. The highest BCUT2D eigenvalue weighted by atomic mass is 79.9. The van der Waals surface area contributed by atoms with E-state index >= 15 is 0 Å². The topological polar surface area (TPSA) is 38.9 Å². The molecule has 0 fully saturated rings. The van der Waals surface area contributed by atoms with Crippen LogP contribution >= 0.6 is 15.9 Å². The standard InChI is InChI=1S/C14H13BrF2N2/c1-7-5-9(6-8(2)19-7)14(18)12-11(16)4-3-10(15)13(12)17/h3-6,14H,18H2,1-2H3. The zero-order valence-electron chi connectivity index (χ0n) is 10.5. The Bertz CT molecular complexity index is 609. The molecule has 5 heteroatoms. The molecule has 1 atom stereocenters. The van der Waals surface area contributed by atoms with Crippen LogP contribution in [0.5, 0.6) is 0 Å². The largest absolute Gasteiger partial charge is 0.320 e. The van der Waals surface area contributed by atoms with Gasteiger partial charge in [0.05, 0.1) is 10.5 Å². The van der Waals surface area contributed by atoms with Crippen molar-refractivity contribution in [3.05, 3.63) is 62.9 Å². The van der Waals surface area contributed by atoms with Gasteiger partial charge in [0.1, 0.15) is 11.6 Å². The molecule has 1 aromatic heterocycles. The van der Waals surface area contributed by atoms with Gasteiger partial charge in [-0.15, -0.1) is 0 Å². The minimum Gasteiger partial charge on any atom is -0.320 e. The van der Waals surface area contributed by atoms with Crippen LogP contribution in [0.2, 0.25) is 0 Å². The molecule has 1 unspecified atom stereocenters. The maximum absolute atomic E-state index is 14.0. The third kappa shape index (κ3) is 2.82. The highest BCUT2D eigenvalue weighted by Crippen LogP contribution is 2.29. The van der Waals surface area contributed by atoms with Crippen molar-refractivity contribution in [2.75, 3.05) is 0 Å². The second-order valence-electron chi connectivity index (χ2n) is 4.42. The van der Waals surface area contributed by atoms with Gasteiger partial charge in [-0.3, -0.25) is 4.98 Å². The second-order valence-corrected chi connectivity index (χ2v) is 5.27. The Morgan fingerprint density at radius 1 is 1.16 bits per heavy atom. The van der Waals surface area contributed by atoms with Gasteiger partial charge in [0, 0.05) is 17.0 Å². The lowest BCUT2D eigenvalue weighted by Crippen LogP contribution is -2.16. The fourth-order valence-electron chi connectivity index (χ4n) is 2.04. The van der Waals surface area contributed by atoms with Gasteiger partial charge in [-0.25, -0.2) is 8.78 Å². The van der Waals surface area contributed by atoms with Crippen molar-refractivity contribution in [3.8, 4) is 0 Å². The van der Waals surface area contributed by atoms with E-state index in [1.165, 1.54) is 12.1 Å². The van der Waals surface area contributed by atoms with Crippen LogP contribution in [0.3, 0.4) is 0 Å². The van der Waals surface area contributed by atoms with Crippen LogP contribution in [-0.2, 0) is 0 Å². The third-order valence-corrected chi connectivity index (χ3v) is 3.47. The summed E-state index contributed by atoms with van der Waals surface area (Å²) in [7, 11) is 0. The van der Waals surface area contributed by atoms with Crippen LogP contribution in [-0.4, -0.2) is 4.98 Å². The molecule has 2 rings (SSSR count). The number of hydrogen-bond donors (Lipinski definition) is 1. The number of pyridine rings is 1. The molecule has 0 spiro atoms. The van der Waals surface area contributed by atoms with Crippen molar-refractivity contribution in [2.45, 2.75) is 19.9 Å². The Labute approximate surface area is 118 Å². The predicted octanol–water partition coefficient (Wildman–Crippen LogP) is 3.79. The fraction of sp³-hybridized carbons (Fsp3) is 0.214. The Kier molecular flexibility index (Phi) is 3.96. The van der Waals surface area contributed by atoms with Crippen molar-refractivity contribution in [3.63, 3.8) is 0 Å². The van der Waals surface area contributed by atoms with Gasteiger partial charge in [0.15, 0.2) is 0 Å². The quantitative estimate of drug-likeness (QED) is 0.853. The van der Waals surface area contributed by atoms with Crippen LogP contribution in [0.15, 0.2) is 28.7 Å². The van der Waals surface area contributed by atoms with E-state index in [0.717, 1.165) is 11.4 Å². The van der Waals surface area contributed by atoms with Crippen molar-refractivity contribution >= 4 is 15.9 Å². The molecule has 1 heterocycles. The molecule has 0 amide bonds. The molecule has 1 aromatic carbocycles. The lowest BCUT2D eigenvalue weighted by Gasteiger charge is -2.16. The first-order chi connectivity index (χ1) is 8.90. The number of benzene rings is 1. The second kappa shape index (κ2) is 5.35. The van der Waals surface area contributed by atoms with Gasteiger partial charge in [0.2, 0.25) is 0 Å². The molecule has 0 saturated carbocycles. The maximum Gasteiger partial charge on any atom is 0.145 e. The average Bonchev–Trinajstić information content (AvgIpc) is 2.33. The Morgan fingerprint density at radius 2 is 1.74 bits per heavy atom. The van der Waals surface area contributed by atoms with Gasteiger partial charge in [0.25, 0.3) is 0 Å². The molecule has 0 aliphatic heterocycles. The molecule has 100 valence electrons. The summed E-state index contributed by atoms with van der Waals surface area (Å²) in [6.07, 6.45) is 0. The predicted molar refractivity (Wildman–Crippen MR) is 73.8 cm³/mol. The summed E-state index contributed by atoms with van der Waals surface area (Å²) in [5, 5.41) is 0. The van der Waals surface area contributed by atoms with Crippen LogP contribution in [0.4, 0.5) is 8.78 Å². The summed E-state index contributed by atoms with van der Waals surface area (Å²) >= 11 is 3.04. The number of nitrogens with zero attached hydrogens (tertiary/aromatic N) is 1. The molecular weight excluding hydrogens is 314 g/mol. The van der Waals surface area contributed by atoms with E-state index in [-0.39, 0.29) is 10.0 Å². The number of rotatable bonds is 2. The number of aromatic nitrogens is 1. The van der Waals surface area contributed by atoms with Crippen molar-refractivity contribution in [1.82, 2.24) is 4.98 Å². The van der Waals surface area contributed by atoms with Crippen molar-refractivity contribution in [1.29, 1.82) is 0 Å². The minimum atomic E-state index is -0.863. The average molecular weight is 327 g/mol. The molecule has 2 nitrogen and oxygen atoms in total. The van der Waals surface area contributed by atoms with E-state index in [0.29, 0.717) is 5.56 Å². The molecule has 0 saturated heterocycles. The summed E-state index contributed by atoms with van der Waals surface area (Å²) in [4.78, 5) is 4.22. The van der Waals surface area contributed by atoms with Gasteiger partial charge in [-0.05, 0) is 59.6 Å². The van der Waals surface area contributed by atoms with Crippen molar-refractivity contribution in [2.24, 2.45) is 5.73 Å². The minimum absolute atomic E-state index is 0.139. The van der Waals surface area contributed by atoms with E-state index < -0.39 is 17.7 Å². The molecule has 2 N–H and O–H groups in total. The monoisotopic (exact) mass is 326 g/mol. The molecule has 0 radical (unpaired) electrons. The first kappa shape index (κ1) is 14.1. The molecule has 19 heavy (non-hydrogen) atoms. The summed E-state index contributed by atoms with van der Waals surface area (Å²) in [5.74, 6) is -1.32. The highest BCUT2D eigenvalue weighted by molar-refractivity contribution is 9.10. The molecule has 0 aliphatic carbocycles. The van der Waals surface area contributed by atoms with Crippen molar-refractivity contribution < 1.29 is 8.78 Å². The Hall–Kier alpha value is -1.33. The number of aryl methyl sites for hydroxylation is 2. The SMILES string of the molecule is Cc1cc(C(N)c2c(F)ccc(Br)c2F)cc(C)n1. The molecule has 2 aromatic rings. The Balaban J connectivity index is 2.55. The highest BCUT2D eigenvalue weighted by Gasteiger charge is 2.21. The summed E-state index contributed by atoms with van der Waals surface area (Å²) in [6, 6.07) is 5.13. The van der Waals surface area contributed by atoms with E-state index in [1.807, 2.05) is 13.8 Å². The normalized spacial score (nSPS) is 12.5. The summed E-state index contributed by atoms with van der Waals surface area (Å²) in [6.45, 7) is 3.63. The molecule has 0 aliphatic rings. The lowest BCUT2D eigenvalue weighted by molar-refractivity contribution is 0.539. The number of halogens is 3. The molecular formula is C14H13BrF2N2. The van der Waals surface area contributed by atoms with E-state index in [4.69, 9.17) is 5.73 Å². The Morgan fingerprint density at radius 3 is 2.32 bits per heavy atom. The zero-order chi connectivity index (χ0) is 14.2. The first-order valence-electron chi connectivity index (χ1n) is 5.74. The van der Waals surface area contributed by atoms with Crippen LogP contribution in [0, 0.1) is 25.5 Å². The van der Waals surface area contributed by atoms with E-state index in [1.54, 1.807) is 12.1 Å². The van der Waals surface area contributed by atoms with Gasteiger partial charge >= 0.3 is 0 Å². The third-order valence-electron chi connectivity index (χ3n) is 2.85. The van der Waals surface area contributed by atoms with Crippen LogP contribution < -0.4 is 5.73 Å². The maximum atomic E-state index is 14.0. The van der Waals surface area contributed by atoms with Crippen LogP contribution in [0.1, 0.15) is 28.6 Å². The van der Waals surface area contributed by atoms with Gasteiger partial charge < -0.3 is 5.73 Å². The van der Waals surface area contributed by atoms with Gasteiger partial charge in [-0.1, -0.05) is 0 Å². The first-order valence-corrected chi connectivity index (χ1v) is 6.53. The number of hydrogen-bond acceptors (Lipinski definition) is 2. The van der Waals surface area contributed by atoms with E-state index in [9.17, 15) is 8.78 Å². The zero-order valence-corrected chi connectivity index (χ0v) is 12.1. The smallest absolute Gasteiger partial charge is 0.145 e. The van der Waals surface area contributed by atoms with Gasteiger partial charge in [-0.2, -0.15) is 0 Å². The van der Waals surface area contributed by atoms with E-state index in [2.05, 4.69) is 20.9 Å². The lowest BCUT2D eigenvalue weighted by atomic mass is 9.98. The molecule has 0 bridgehead atoms. The fourth-order valence-corrected chi connectivity index (χ4v) is 2.39.